The number of methoxy groups -OCH3 is 1. The number of hydrogen-bond donors (Lipinski definition) is 3. The van der Waals surface area contributed by atoms with Crippen molar-refractivity contribution >= 4 is 57.7 Å². The van der Waals surface area contributed by atoms with Crippen LogP contribution >= 0.6 is 0 Å². The average Bonchev–Trinajstić information content (AvgIpc) is 3.32. The van der Waals surface area contributed by atoms with Gasteiger partial charge < -0.3 is 28.6 Å². The summed E-state index contributed by atoms with van der Waals surface area (Å²) in [6, 6.07) is 27.7. The minimum absolute atomic E-state index is 0.00541. The quantitative estimate of drug-likeness (QED) is 0.141. The lowest BCUT2D eigenvalue weighted by molar-refractivity contribution is 0.00578. The predicted molar refractivity (Wildman–Crippen MR) is 190 cm³/mol. The van der Waals surface area contributed by atoms with Gasteiger partial charge in [-0.2, -0.15) is 0 Å². The minimum atomic E-state index is -0.634. The van der Waals surface area contributed by atoms with Gasteiger partial charge in [0.05, 0.1) is 36.3 Å². The molecule has 0 aliphatic carbocycles. The molecular weight excluding hydrogens is 623 g/mol. The minimum Gasteiger partial charge on any atom is -0.496 e. The molecule has 0 bridgehead atoms. The summed E-state index contributed by atoms with van der Waals surface area (Å²) in [4.78, 5) is 25.8. The lowest BCUT2D eigenvalue weighted by Crippen LogP contribution is -2.41. The van der Waals surface area contributed by atoms with Crippen LogP contribution < -0.4 is 20.8 Å². The fourth-order valence-corrected chi connectivity index (χ4v) is 5.79. The molecule has 11 heteroatoms. The number of anilines is 2. The molecule has 0 aromatic heterocycles. The number of fused-ring (bicyclic) bond motifs is 2. The molecule has 6 rings (SSSR count). The molecular formula is C38H39BN2O8. The van der Waals surface area contributed by atoms with Crippen LogP contribution in [0, 0.1) is 0 Å². The van der Waals surface area contributed by atoms with Gasteiger partial charge in [0, 0.05) is 16.3 Å². The largest absolute Gasteiger partial charge is 0.496 e. The average molecular weight is 663 g/mol. The molecule has 252 valence electrons. The van der Waals surface area contributed by atoms with E-state index in [1.165, 1.54) is 0 Å². The van der Waals surface area contributed by atoms with Crippen LogP contribution in [0.5, 0.6) is 5.75 Å². The van der Waals surface area contributed by atoms with Gasteiger partial charge in [-0.1, -0.05) is 72.8 Å². The van der Waals surface area contributed by atoms with Crippen molar-refractivity contribution in [2.24, 2.45) is 0 Å². The molecule has 0 unspecified atom stereocenters. The van der Waals surface area contributed by atoms with Gasteiger partial charge in [0.1, 0.15) is 19.0 Å². The third kappa shape index (κ3) is 7.05. The predicted octanol–water partition coefficient (Wildman–Crippen LogP) is 7.29. The van der Waals surface area contributed by atoms with Gasteiger partial charge in [0.2, 0.25) is 0 Å². The van der Waals surface area contributed by atoms with E-state index in [0.29, 0.717) is 22.7 Å². The normalized spacial score (nSPS) is 14.9. The first-order valence-corrected chi connectivity index (χ1v) is 16.0. The highest BCUT2D eigenvalue weighted by Gasteiger charge is 2.51. The topological polar surface area (TPSA) is 125 Å². The molecule has 0 spiro atoms. The summed E-state index contributed by atoms with van der Waals surface area (Å²) < 4.78 is 29.1. The number of ether oxygens (including phenoxy) is 3. The molecule has 49 heavy (non-hydrogen) atoms. The molecule has 0 radical (unpaired) electrons. The SMILES string of the molecule is COc1cc(B2OC(C)(C)C(C)(C)O2)ccc1COC(=O)Nc1ccc(COC(=O)Nc2ccc(CO)c3ccccc23)c2ccccc12. The highest BCUT2D eigenvalue weighted by Crippen LogP contribution is 2.37. The maximum atomic E-state index is 12.9. The van der Waals surface area contributed by atoms with Gasteiger partial charge in [-0.15, -0.1) is 0 Å². The summed E-state index contributed by atoms with van der Waals surface area (Å²) >= 11 is 0. The van der Waals surface area contributed by atoms with Crippen LogP contribution in [0.3, 0.4) is 0 Å². The molecule has 1 heterocycles. The molecule has 3 N–H and O–H groups in total. The highest BCUT2D eigenvalue weighted by molar-refractivity contribution is 6.62. The van der Waals surface area contributed by atoms with Crippen LogP contribution in [0.15, 0.2) is 91.0 Å². The standard InChI is InChI=1S/C38H39BN2O8/c1-37(2)38(3,4)49-39(48-37)27-17-14-26(34(20-27)45-5)23-47-36(44)41-33-19-16-25(29-11-7-9-13-31(29)33)22-46-35(43)40-32-18-15-24(21-42)28-10-6-8-12-30(28)32/h6-20,42H,21-23H2,1-5H3,(H,40,43)(H,41,44). The summed E-state index contributed by atoms with van der Waals surface area (Å²) in [6.07, 6.45) is -1.25. The van der Waals surface area contributed by atoms with Crippen molar-refractivity contribution in [3.63, 3.8) is 0 Å². The first-order valence-electron chi connectivity index (χ1n) is 16.0. The molecule has 1 aliphatic rings. The summed E-state index contributed by atoms with van der Waals surface area (Å²) in [5, 5.41) is 18.6. The Morgan fingerprint density at radius 3 is 1.67 bits per heavy atom. The zero-order valence-electron chi connectivity index (χ0n) is 28.2. The van der Waals surface area contributed by atoms with Gasteiger partial charge in [0.15, 0.2) is 0 Å². The van der Waals surface area contributed by atoms with Crippen molar-refractivity contribution in [3.8, 4) is 5.75 Å². The van der Waals surface area contributed by atoms with E-state index in [1.807, 2.05) is 94.4 Å². The Hall–Kier alpha value is -5.10. The Bertz CT molecular complexity index is 2010. The van der Waals surface area contributed by atoms with Crippen LogP contribution in [0.1, 0.15) is 44.4 Å². The summed E-state index contributed by atoms with van der Waals surface area (Å²) in [6.45, 7) is 7.88. The van der Waals surface area contributed by atoms with Crippen molar-refractivity contribution in [3.05, 3.63) is 108 Å². The van der Waals surface area contributed by atoms with Gasteiger partial charge in [-0.05, 0) is 73.3 Å². The third-order valence-corrected chi connectivity index (χ3v) is 9.23. The van der Waals surface area contributed by atoms with E-state index in [-0.39, 0.29) is 19.8 Å². The Morgan fingerprint density at radius 2 is 1.14 bits per heavy atom. The van der Waals surface area contributed by atoms with E-state index in [2.05, 4.69) is 10.6 Å². The van der Waals surface area contributed by atoms with Crippen LogP contribution in [-0.4, -0.2) is 42.7 Å². The van der Waals surface area contributed by atoms with E-state index in [4.69, 9.17) is 23.5 Å². The second kappa shape index (κ2) is 13.8. The van der Waals surface area contributed by atoms with Crippen LogP contribution in [0.4, 0.5) is 21.0 Å². The smallest absolute Gasteiger partial charge is 0.494 e. The Morgan fingerprint density at radius 1 is 0.673 bits per heavy atom. The number of benzene rings is 5. The fraction of sp³-hybridized carbons (Fsp3) is 0.263. The summed E-state index contributed by atoms with van der Waals surface area (Å²) in [5.41, 5.74) is 3.21. The number of carbonyl (C=O) groups excluding carboxylic acids is 2. The maximum Gasteiger partial charge on any atom is 0.494 e. The number of aliphatic hydroxyl groups is 1. The monoisotopic (exact) mass is 662 g/mol. The number of nitrogens with one attached hydrogen (secondary N) is 2. The molecule has 0 saturated carbocycles. The Labute approximate surface area is 285 Å². The second-order valence-electron chi connectivity index (χ2n) is 12.9. The van der Waals surface area contributed by atoms with Crippen molar-refractivity contribution < 1.29 is 38.2 Å². The van der Waals surface area contributed by atoms with Crippen molar-refractivity contribution in [2.75, 3.05) is 17.7 Å². The molecule has 2 amide bonds. The van der Waals surface area contributed by atoms with Gasteiger partial charge >= 0.3 is 19.3 Å². The van der Waals surface area contributed by atoms with Gasteiger partial charge in [-0.25, -0.2) is 9.59 Å². The number of amides is 2. The zero-order valence-corrected chi connectivity index (χ0v) is 28.2. The molecule has 0 atom stereocenters. The molecule has 10 nitrogen and oxygen atoms in total. The molecule has 5 aromatic carbocycles. The molecule has 1 saturated heterocycles. The lowest BCUT2D eigenvalue weighted by atomic mass is 9.78. The molecule has 1 fully saturated rings. The van der Waals surface area contributed by atoms with E-state index in [1.54, 1.807) is 31.4 Å². The highest BCUT2D eigenvalue weighted by atomic mass is 16.7. The van der Waals surface area contributed by atoms with Gasteiger partial charge in [-0.3, -0.25) is 10.6 Å². The van der Waals surface area contributed by atoms with Crippen LogP contribution in [-0.2, 0) is 38.6 Å². The number of hydrogen-bond acceptors (Lipinski definition) is 8. The number of aliphatic hydroxyl groups excluding tert-OH is 1. The third-order valence-electron chi connectivity index (χ3n) is 9.23. The van der Waals surface area contributed by atoms with E-state index < -0.39 is 30.5 Å². The van der Waals surface area contributed by atoms with Crippen LogP contribution in [0.25, 0.3) is 21.5 Å². The summed E-state index contributed by atoms with van der Waals surface area (Å²) in [5.74, 6) is 0.550. The van der Waals surface area contributed by atoms with E-state index in [9.17, 15) is 14.7 Å². The van der Waals surface area contributed by atoms with E-state index in [0.717, 1.165) is 38.1 Å². The Balaban J connectivity index is 1.09. The second-order valence-corrected chi connectivity index (χ2v) is 12.9. The molecule has 1 aliphatic heterocycles. The fourth-order valence-electron chi connectivity index (χ4n) is 5.79. The maximum absolute atomic E-state index is 12.9. The first-order chi connectivity index (χ1) is 23.5. The first kappa shape index (κ1) is 33.8. The zero-order chi connectivity index (χ0) is 34.8. The van der Waals surface area contributed by atoms with Crippen molar-refractivity contribution in [1.82, 2.24) is 0 Å². The lowest BCUT2D eigenvalue weighted by Gasteiger charge is -2.32. The molecule has 5 aromatic rings. The van der Waals surface area contributed by atoms with Crippen LogP contribution in [0.2, 0.25) is 0 Å². The van der Waals surface area contributed by atoms with Crippen molar-refractivity contribution in [2.45, 2.75) is 58.7 Å². The Kier molecular flexibility index (Phi) is 9.51. The van der Waals surface area contributed by atoms with Gasteiger partial charge in [0.25, 0.3) is 0 Å². The number of rotatable bonds is 9. The number of carbonyl (C=O) groups is 2. The summed E-state index contributed by atoms with van der Waals surface area (Å²) in [7, 11) is 1.02. The van der Waals surface area contributed by atoms with E-state index >= 15 is 0 Å². The van der Waals surface area contributed by atoms with Crippen molar-refractivity contribution in [1.29, 1.82) is 0 Å².